The first-order chi connectivity index (χ1) is 26.8. The smallest absolute Gasteiger partial charge is 0.142 e. The van der Waals surface area contributed by atoms with Gasteiger partial charge in [-0.2, -0.15) is 10.5 Å². The monoisotopic (exact) mass is 797 g/mol. The fourth-order valence-electron chi connectivity index (χ4n) is 4.82. The molecule has 2 aromatic heterocycles. The number of aromatic nitrogens is 2. The molecule has 57 heavy (non-hydrogen) atoms. The minimum Gasteiger partial charge on any atom is -0.497 e. The van der Waals surface area contributed by atoms with Gasteiger partial charge in [-0.3, -0.25) is 0 Å². The highest BCUT2D eigenvalue weighted by atomic mass is 28.3. The Morgan fingerprint density at radius 3 is 1.42 bits per heavy atom. The summed E-state index contributed by atoms with van der Waals surface area (Å²) in [6.07, 6.45) is 3.11. The molecule has 0 aliphatic rings. The van der Waals surface area contributed by atoms with Crippen molar-refractivity contribution in [3.8, 4) is 35.1 Å². The van der Waals surface area contributed by atoms with Gasteiger partial charge in [0.1, 0.15) is 47.8 Å². The highest BCUT2D eigenvalue weighted by Gasteiger charge is 2.27. The number of ether oxygens (including phenoxy) is 4. The molecule has 13 heteroatoms. The Hall–Kier alpha value is -5.34. The van der Waals surface area contributed by atoms with Crippen molar-refractivity contribution in [2.45, 2.75) is 90.5 Å². The van der Waals surface area contributed by atoms with Crippen molar-refractivity contribution in [1.29, 1.82) is 10.5 Å². The molecule has 4 N–H and O–H groups in total. The predicted octanol–water partition coefficient (Wildman–Crippen LogP) is 7.85. The summed E-state index contributed by atoms with van der Waals surface area (Å²) in [5.74, 6) is 3.64. The number of hydrogen-bond donors (Lipinski definition) is 3. The van der Waals surface area contributed by atoms with Gasteiger partial charge >= 0.3 is 0 Å². The number of benzene rings is 2. The number of nitrogen functional groups attached to an aromatic ring is 1. The molecule has 4 rings (SSSR count). The van der Waals surface area contributed by atoms with E-state index in [1.165, 1.54) is 6.20 Å². The van der Waals surface area contributed by atoms with Gasteiger partial charge in [0.25, 0.3) is 0 Å². The van der Waals surface area contributed by atoms with Crippen LogP contribution in [0.1, 0.15) is 70.7 Å². The van der Waals surface area contributed by atoms with E-state index in [0.29, 0.717) is 41.0 Å². The van der Waals surface area contributed by atoms with Crippen LogP contribution in [0.4, 0.5) is 11.6 Å². The molecule has 0 fully saturated rings. The Labute approximate surface area is 341 Å². The molecule has 0 unspecified atom stereocenters. The Morgan fingerprint density at radius 2 is 1.07 bits per heavy atom. The van der Waals surface area contributed by atoms with Gasteiger partial charge in [0, 0.05) is 33.0 Å². The molecule has 1 radical (unpaired) electrons. The number of hydrogen-bond acceptors (Lipinski definition) is 12. The maximum Gasteiger partial charge on any atom is 0.142 e. The SMILES string of the molecule is CC(C)(C#N)c1cc(N)ncc1OCCO.COc1ccc(CN(Cc2ccc(OC)cc2)c2cc(C(C)(C)C#N)c(OCCO)cn2)cc1.C[Si](C)C(C)(C)C. The minimum atomic E-state index is -0.797. The van der Waals surface area contributed by atoms with E-state index in [1.807, 2.05) is 68.4 Å². The first-order valence-electron chi connectivity index (χ1n) is 18.7. The van der Waals surface area contributed by atoms with E-state index in [-0.39, 0.29) is 35.2 Å². The topological polar surface area (TPSA) is 180 Å². The van der Waals surface area contributed by atoms with Crippen molar-refractivity contribution in [3.63, 3.8) is 0 Å². The second-order valence-corrected chi connectivity index (χ2v) is 19.1. The van der Waals surface area contributed by atoms with Gasteiger partial charge in [0.05, 0.1) is 62.8 Å². The third-order valence-corrected chi connectivity index (χ3v) is 12.2. The lowest BCUT2D eigenvalue weighted by molar-refractivity contribution is 0.199. The van der Waals surface area contributed by atoms with Gasteiger partial charge in [-0.05, 0) is 80.3 Å². The number of rotatable bonds is 15. The molecule has 0 amide bonds. The highest BCUT2D eigenvalue weighted by molar-refractivity contribution is 6.59. The summed E-state index contributed by atoms with van der Waals surface area (Å²) in [5, 5.41) is 37.3. The lowest BCUT2D eigenvalue weighted by atomic mass is 9.86. The predicted molar refractivity (Wildman–Crippen MR) is 228 cm³/mol. The summed E-state index contributed by atoms with van der Waals surface area (Å²) in [6.45, 7) is 20.2. The van der Waals surface area contributed by atoms with E-state index in [2.05, 4.69) is 60.9 Å². The standard InChI is InChI=1S/C27H31N3O4.C11H15N3O2.C6H15Si/c1-27(2,19-28)24-15-26(29-16-25(24)34-14-13-31)30(17-20-5-9-22(32-3)10-6-20)18-21-7-11-23(33-4)12-8-21;1-11(2,7-12)8-5-10(13)14-6-9(8)16-4-3-15;1-6(2,3)7(4)5/h5-12,15-16,31H,13-14,17-18H2,1-4H3;5-6,15H,3-4H2,1-2H3,(H2,13,14);1-5H3. The van der Waals surface area contributed by atoms with E-state index in [0.717, 1.165) is 34.0 Å². The van der Waals surface area contributed by atoms with Crippen LogP contribution >= 0.6 is 0 Å². The van der Waals surface area contributed by atoms with E-state index in [9.17, 15) is 10.4 Å². The summed E-state index contributed by atoms with van der Waals surface area (Å²) >= 11 is 0. The molecule has 0 saturated heterocycles. The van der Waals surface area contributed by atoms with Crippen LogP contribution in [0.15, 0.2) is 73.1 Å². The van der Waals surface area contributed by atoms with Crippen LogP contribution in [0, 0.1) is 22.7 Å². The van der Waals surface area contributed by atoms with Crippen molar-refractivity contribution in [2.75, 3.05) is 51.3 Å². The Bertz CT molecular complexity index is 1850. The lowest BCUT2D eigenvalue weighted by Crippen LogP contribution is -2.25. The lowest BCUT2D eigenvalue weighted by Gasteiger charge is -2.27. The molecule has 0 atom stereocenters. The van der Waals surface area contributed by atoms with Crippen molar-refractivity contribution < 1.29 is 29.2 Å². The van der Waals surface area contributed by atoms with Crippen LogP contribution < -0.4 is 29.6 Å². The first kappa shape index (κ1) is 47.8. The molecule has 0 bridgehead atoms. The Kier molecular flexibility index (Phi) is 18.8. The second-order valence-electron chi connectivity index (χ2n) is 15.6. The number of aliphatic hydroxyl groups excluding tert-OH is 2. The van der Waals surface area contributed by atoms with Gasteiger partial charge in [-0.25, -0.2) is 9.97 Å². The first-order valence-corrected chi connectivity index (χ1v) is 21.2. The maximum absolute atomic E-state index is 9.78. The zero-order chi connectivity index (χ0) is 42.8. The second kappa shape index (κ2) is 22.4. The number of nitrogens with zero attached hydrogens (tertiary/aromatic N) is 5. The largest absolute Gasteiger partial charge is 0.497 e. The van der Waals surface area contributed by atoms with Crippen molar-refractivity contribution in [1.82, 2.24) is 9.97 Å². The van der Waals surface area contributed by atoms with Crippen molar-refractivity contribution >= 4 is 20.4 Å². The third kappa shape index (κ3) is 15.3. The molecule has 4 aromatic rings. The minimum absolute atomic E-state index is 0.0502. The highest BCUT2D eigenvalue weighted by Crippen LogP contribution is 2.35. The van der Waals surface area contributed by atoms with Gasteiger partial charge in [-0.15, -0.1) is 0 Å². The van der Waals surface area contributed by atoms with Gasteiger partial charge in [0.15, 0.2) is 0 Å². The molecular formula is C44H61N6O6Si. The molecule has 307 valence electrons. The fraction of sp³-hybridized carbons (Fsp3) is 0.455. The molecule has 2 heterocycles. The van der Waals surface area contributed by atoms with E-state index < -0.39 is 10.8 Å². The van der Waals surface area contributed by atoms with Gasteiger partial charge in [-0.1, -0.05) is 58.1 Å². The van der Waals surface area contributed by atoms with Crippen LogP contribution in [0.3, 0.4) is 0 Å². The number of anilines is 2. The van der Waals surface area contributed by atoms with Crippen LogP contribution in [-0.4, -0.2) is 69.6 Å². The molecule has 12 nitrogen and oxygen atoms in total. The number of nitrogens with two attached hydrogens (primary N) is 1. The summed E-state index contributed by atoms with van der Waals surface area (Å²) in [5.41, 5.74) is 7.67. The molecular weight excluding hydrogens is 737 g/mol. The molecule has 0 aliphatic carbocycles. The number of pyridine rings is 2. The number of nitriles is 2. The van der Waals surface area contributed by atoms with Crippen LogP contribution in [0.25, 0.3) is 0 Å². The average molecular weight is 798 g/mol. The summed E-state index contributed by atoms with van der Waals surface area (Å²) in [7, 11) is 3.24. The summed E-state index contributed by atoms with van der Waals surface area (Å²) < 4.78 is 21.6. The average Bonchev–Trinajstić information content (AvgIpc) is 3.19. The van der Waals surface area contributed by atoms with Crippen molar-refractivity contribution in [2.24, 2.45) is 0 Å². The van der Waals surface area contributed by atoms with Crippen molar-refractivity contribution in [3.05, 3.63) is 95.3 Å². The molecule has 0 aliphatic heterocycles. The van der Waals surface area contributed by atoms with E-state index in [4.69, 9.17) is 35.0 Å². The summed E-state index contributed by atoms with van der Waals surface area (Å²) in [4.78, 5) is 10.7. The Morgan fingerprint density at radius 1 is 0.684 bits per heavy atom. The van der Waals surface area contributed by atoms with E-state index >= 15 is 0 Å². The van der Waals surface area contributed by atoms with Crippen LogP contribution in [-0.2, 0) is 23.9 Å². The number of aliphatic hydroxyl groups is 2. The van der Waals surface area contributed by atoms with Gasteiger partial charge < -0.3 is 39.8 Å². The zero-order valence-corrected chi connectivity index (χ0v) is 36.5. The normalized spacial score (nSPS) is 11.2. The zero-order valence-electron chi connectivity index (χ0n) is 35.5. The summed E-state index contributed by atoms with van der Waals surface area (Å²) in [6, 6.07) is 23.9. The van der Waals surface area contributed by atoms with Crippen LogP contribution in [0.5, 0.6) is 23.0 Å². The van der Waals surface area contributed by atoms with E-state index in [1.54, 1.807) is 40.3 Å². The fourth-order valence-corrected chi connectivity index (χ4v) is 4.82. The maximum atomic E-state index is 9.78. The third-order valence-electron chi connectivity index (χ3n) is 9.23. The molecule has 0 saturated carbocycles. The van der Waals surface area contributed by atoms with Crippen LogP contribution in [0.2, 0.25) is 18.1 Å². The molecule has 2 aromatic carbocycles. The van der Waals surface area contributed by atoms with Gasteiger partial charge in [0.2, 0.25) is 0 Å². The quantitative estimate of drug-likeness (QED) is 0.0993. The Balaban J connectivity index is 0.000000401. The molecule has 0 spiro atoms. The number of methoxy groups -OCH3 is 2.